The van der Waals surface area contributed by atoms with E-state index in [0.29, 0.717) is 22.7 Å². The number of piperidine rings is 1. The Balaban J connectivity index is 1.89. The monoisotopic (exact) mass is 333 g/mol. The average Bonchev–Trinajstić information content (AvgIpc) is 3.05. The van der Waals surface area contributed by atoms with E-state index < -0.39 is 0 Å². The molecule has 2 aliphatic rings. The third-order valence-corrected chi connectivity index (χ3v) is 5.40. The van der Waals surface area contributed by atoms with Crippen molar-refractivity contribution < 1.29 is 9.52 Å². The van der Waals surface area contributed by atoms with E-state index in [2.05, 4.69) is 4.90 Å². The van der Waals surface area contributed by atoms with Crippen molar-refractivity contribution in [1.29, 1.82) is 0 Å². The maximum atomic E-state index is 12.3. The van der Waals surface area contributed by atoms with Gasteiger partial charge in [-0.3, -0.25) is 4.90 Å². The zero-order valence-corrected chi connectivity index (χ0v) is 13.8. The second-order valence-corrected chi connectivity index (χ2v) is 7.01. The van der Waals surface area contributed by atoms with Crippen LogP contribution in [-0.2, 0) is 19.4 Å². The summed E-state index contributed by atoms with van der Waals surface area (Å²) in [5.74, 6) is 0.0471. The van der Waals surface area contributed by atoms with Gasteiger partial charge in [-0.25, -0.2) is 4.79 Å². The van der Waals surface area contributed by atoms with E-state index in [0.717, 1.165) is 48.9 Å². The smallest absolute Gasteiger partial charge is 0.339 e. The van der Waals surface area contributed by atoms with Gasteiger partial charge in [0, 0.05) is 17.5 Å². The van der Waals surface area contributed by atoms with Gasteiger partial charge in [0.2, 0.25) is 0 Å². The van der Waals surface area contributed by atoms with E-state index in [1.165, 1.54) is 19.3 Å². The molecule has 1 aromatic heterocycles. The van der Waals surface area contributed by atoms with Crippen LogP contribution in [0.4, 0.5) is 0 Å². The minimum Gasteiger partial charge on any atom is -0.506 e. The van der Waals surface area contributed by atoms with Crippen LogP contribution in [0.3, 0.4) is 0 Å². The molecule has 2 heterocycles. The zero-order chi connectivity index (χ0) is 16.0. The summed E-state index contributed by atoms with van der Waals surface area (Å²) in [5.41, 5.74) is 2.75. The van der Waals surface area contributed by atoms with Crippen molar-refractivity contribution in [2.75, 3.05) is 13.1 Å². The molecule has 1 aliphatic heterocycles. The minimum atomic E-state index is -0.258. The van der Waals surface area contributed by atoms with Crippen molar-refractivity contribution >= 4 is 22.6 Å². The molecule has 0 saturated carbocycles. The highest BCUT2D eigenvalue weighted by Gasteiger charge is 2.25. The van der Waals surface area contributed by atoms with E-state index in [9.17, 15) is 9.90 Å². The molecule has 1 saturated heterocycles. The minimum absolute atomic E-state index is 0.0471. The fourth-order valence-corrected chi connectivity index (χ4v) is 4.15. The lowest BCUT2D eigenvalue weighted by molar-refractivity contribution is 0.218. The van der Waals surface area contributed by atoms with E-state index in [1.54, 1.807) is 6.07 Å². The Morgan fingerprint density at radius 2 is 1.87 bits per heavy atom. The van der Waals surface area contributed by atoms with Crippen LogP contribution in [0, 0.1) is 0 Å². The Kier molecular flexibility index (Phi) is 3.82. The van der Waals surface area contributed by atoms with Gasteiger partial charge in [-0.15, -0.1) is 0 Å². The third kappa shape index (κ3) is 2.54. The van der Waals surface area contributed by atoms with E-state index >= 15 is 0 Å². The summed E-state index contributed by atoms with van der Waals surface area (Å²) in [6, 6.07) is 1.75. The highest BCUT2D eigenvalue weighted by atomic mass is 35.5. The molecule has 2 aromatic rings. The van der Waals surface area contributed by atoms with Gasteiger partial charge in [-0.1, -0.05) is 18.0 Å². The van der Waals surface area contributed by atoms with E-state index in [1.807, 2.05) is 0 Å². The number of hydrogen-bond donors (Lipinski definition) is 1. The van der Waals surface area contributed by atoms with Gasteiger partial charge in [0.05, 0.1) is 10.6 Å². The van der Waals surface area contributed by atoms with Crippen LogP contribution in [0.2, 0.25) is 5.02 Å². The molecule has 0 atom stereocenters. The topological polar surface area (TPSA) is 53.7 Å². The normalized spacial score (nSPS) is 18.5. The Hall–Kier alpha value is -1.52. The lowest BCUT2D eigenvalue weighted by atomic mass is 10.0. The van der Waals surface area contributed by atoms with E-state index in [4.69, 9.17) is 16.0 Å². The third-order valence-electron chi connectivity index (χ3n) is 5.12. The van der Waals surface area contributed by atoms with Crippen LogP contribution in [-0.4, -0.2) is 23.1 Å². The first-order valence-corrected chi connectivity index (χ1v) is 8.74. The largest absolute Gasteiger partial charge is 0.506 e. The second-order valence-electron chi connectivity index (χ2n) is 6.60. The average molecular weight is 334 g/mol. The lowest BCUT2D eigenvalue weighted by Crippen LogP contribution is -2.29. The van der Waals surface area contributed by atoms with Crippen molar-refractivity contribution in [3.8, 4) is 5.75 Å². The van der Waals surface area contributed by atoms with Crippen LogP contribution in [0.15, 0.2) is 15.3 Å². The summed E-state index contributed by atoms with van der Waals surface area (Å²) in [6.45, 7) is 2.58. The van der Waals surface area contributed by atoms with Gasteiger partial charge in [-0.05, 0) is 56.8 Å². The Labute approximate surface area is 139 Å². The van der Waals surface area contributed by atoms with Crippen LogP contribution < -0.4 is 5.63 Å². The number of benzene rings is 1. The van der Waals surface area contributed by atoms with Gasteiger partial charge in [0.1, 0.15) is 11.3 Å². The SMILES string of the molecule is O=c1oc2c(CN3CCCCC3)c(O)c(Cl)cc2c2c1CCC2. The first-order valence-electron chi connectivity index (χ1n) is 8.36. The van der Waals surface area contributed by atoms with Crippen molar-refractivity contribution in [3.05, 3.63) is 38.2 Å². The van der Waals surface area contributed by atoms with Gasteiger partial charge >= 0.3 is 5.63 Å². The molecule has 1 fully saturated rings. The molecule has 1 N–H and O–H groups in total. The number of aryl methyl sites for hydroxylation is 1. The number of rotatable bonds is 2. The number of hydrogen-bond acceptors (Lipinski definition) is 4. The number of nitrogens with zero attached hydrogens (tertiary/aromatic N) is 1. The van der Waals surface area contributed by atoms with Crippen LogP contribution >= 0.6 is 11.6 Å². The number of aromatic hydroxyl groups is 1. The summed E-state index contributed by atoms with van der Waals surface area (Å²) >= 11 is 6.26. The molecule has 0 bridgehead atoms. The molecule has 1 aromatic carbocycles. The van der Waals surface area contributed by atoms with Crippen molar-refractivity contribution in [2.45, 2.75) is 45.1 Å². The van der Waals surface area contributed by atoms with Crippen LogP contribution in [0.1, 0.15) is 42.4 Å². The molecule has 23 heavy (non-hydrogen) atoms. The van der Waals surface area contributed by atoms with Crippen molar-refractivity contribution in [2.24, 2.45) is 0 Å². The molecule has 4 rings (SSSR count). The Morgan fingerprint density at radius 1 is 1.13 bits per heavy atom. The maximum Gasteiger partial charge on any atom is 0.339 e. The molecule has 0 amide bonds. The number of phenolic OH excluding ortho intramolecular Hbond substituents is 1. The second kappa shape index (κ2) is 5.84. The molecule has 4 nitrogen and oxygen atoms in total. The van der Waals surface area contributed by atoms with Gasteiger partial charge in [0.15, 0.2) is 0 Å². The molecule has 0 unspecified atom stereocenters. The highest BCUT2D eigenvalue weighted by molar-refractivity contribution is 6.33. The van der Waals surface area contributed by atoms with Crippen LogP contribution in [0.5, 0.6) is 5.75 Å². The molecular formula is C18H20ClNO3. The summed E-state index contributed by atoms with van der Waals surface area (Å²) in [7, 11) is 0. The molecule has 5 heteroatoms. The molecule has 0 radical (unpaired) electrons. The molecule has 1 aliphatic carbocycles. The van der Waals surface area contributed by atoms with Crippen LogP contribution in [0.25, 0.3) is 11.0 Å². The fraction of sp³-hybridized carbons (Fsp3) is 0.500. The number of fused-ring (bicyclic) bond motifs is 3. The highest BCUT2D eigenvalue weighted by Crippen LogP contribution is 2.38. The Morgan fingerprint density at radius 3 is 2.65 bits per heavy atom. The van der Waals surface area contributed by atoms with Gasteiger partial charge < -0.3 is 9.52 Å². The molecule has 0 spiro atoms. The maximum absolute atomic E-state index is 12.3. The quantitative estimate of drug-likeness (QED) is 0.853. The predicted molar refractivity (Wildman–Crippen MR) is 90.3 cm³/mol. The first kappa shape index (κ1) is 15.0. The van der Waals surface area contributed by atoms with Gasteiger partial charge in [0.25, 0.3) is 0 Å². The molecular weight excluding hydrogens is 314 g/mol. The summed E-state index contributed by atoms with van der Waals surface area (Å²) < 4.78 is 5.61. The first-order chi connectivity index (χ1) is 11.1. The number of likely N-dealkylation sites (tertiary alicyclic amines) is 1. The summed E-state index contributed by atoms with van der Waals surface area (Å²) in [6.07, 6.45) is 6.20. The summed E-state index contributed by atoms with van der Waals surface area (Å²) in [5, 5.41) is 11.7. The van der Waals surface area contributed by atoms with Crippen molar-refractivity contribution in [1.82, 2.24) is 4.90 Å². The standard InChI is InChI=1S/C18H20ClNO3/c19-15-9-13-11-5-4-6-12(11)18(22)23-17(13)14(16(15)21)10-20-7-2-1-3-8-20/h9,21H,1-8,10H2. The Bertz CT molecular complexity index is 821. The lowest BCUT2D eigenvalue weighted by Gasteiger charge is -2.27. The predicted octanol–water partition coefficient (Wildman–Crippen LogP) is 3.63. The molecule has 122 valence electrons. The number of phenols is 1. The number of halogens is 1. The van der Waals surface area contributed by atoms with Crippen molar-refractivity contribution in [3.63, 3.8) is 0 Å². The van der Waals surface area contributed by atoms with Gasteiger partial charge in [-0.2, -0.15) is 0 Å². The van der Waals surface area contributed by atoms with E-state index in [-0.39, 0.29) is 11.4 Å². The summed E-state index contributed by atoms with van der Waals surface area (Å²) in [4.78, 5) is 14.6. The fourth-order valence-electron chi connectivity index (χ4n) is 3.92. The zero-order valence-electron chi connectivity index (χ0n) is 13.0.